The van der Waals surface area contributed by atoms with Gasteiger partial charge in [-0.2, -0.15) is 0 Å². The summed E-state index contributed by atoms with van der Waals surface area (Å²) in [4.78, 5) is 12.3. The second-order valence-electron chi connectivity index (χ2n) is 8.96. The molecule has 2 heterocycles. The SMILES string of the molecule is CCNC(=NCc1ccc(CN2CCN(CC)CC2)cc1)N(C)CCC1CCOCC1. The maximum Gasteiger partial charge on any atom is 0.193 e. The Morgan fingerprint density at radius 3 is 2.32 bits per heavy atom. The lowest BCUT2D eigenvalue weighted by atomic mass is 9.96. The van der Waals surface area contributed by atoms with Crippen molar-refractivity contribution in [3.8, 4) is 0 Å². The lowest BCUT2D eigenvalue weighted by molar-refractivity contribution is 0.0625. The number of aliphatic imine (C=N–C) groups is 1. The fourth-order valence-corrected chi connectivity index (χ4v) is 4.42. The third kappa shape index (κ3) is 8.09. The second kappa shape index (κ2) is 13.0. The van der Waals surface area contributed by atoms with E-state index in [-0.39, 0.29) is 0 Å². The lowest BCUT2D eigenvalue weighted by Crippen LogP contribution is -2.45. The maximum absolute atomic E-state index is 5.49. The summed E-state index contributed by atoms with van der Waals surface area (Å²) in [6, 6.07) is 9.04. The number of rotatable bonds is 9. The van der Waals surface area contributed by atoms with Crippen LogP contribution in [-0.4, -0.2) is 86.7 Å². The molecule has 0 unspecified atom stereocenters. The summed E-state index contributed by atoms with van der Waals surface area (Å²) in [6.07, 6.45) is 3.61. The zero-order valence-corrected chi connectivity index (χ0v) is 20.0. The van der Waals surface area contributed by atoms with Crippen LogP contribution in [0.1, 0.15) is 44.2 Å². The van der Waals surface area contributed by atoms with Gasteiger partial charge in [0.1, 0.15) is 0 Å². The highest BCUT2D eigenvalue weighted by molar-refractivity contribution is 5.79. The highest BCUT2D eigenvalue weighted by Crippen LogP contribution is 2.18. The summed E-state index contributed by atoms with van der Waals surface area (Å²) < 4.78 is 5.49. The van der Waals surface area contributed by atoms with Crippen molar-refractivity contribution in [3.63, 3.8) is 0 Å². The van der Waals surface area contributed by atoms with Crippen molar-refractivity contribution >= 4 is 5.96 Å². The first-order chi connectivity index (χ1) is 15.2. The molecule has 0 aromatic heterocycles. The van der Waals surface area contributed by atoms with E-state index >= 15 is 0 Å². The van der Waals surface area contributed by atoms with Crippen LogP contribution in [0.5, 0.6) is 0 Å². The van der Waals surface area contributed by atoms with E-state index in [1.807, 2.05) is 0 Å². The molecule has 2 saturated heterocycles. The Morgan fingerprint density at radius 2 is 1.68 bits per heavy atom. The van der Waals surface area contributed by atoms with Gasteiger partial charge in [-0.05, 0) is 49.8 Å². The van der Waals surface area contributed by atoms with Crippen molar-refractivity contribution in [3.05, 3.63) is 35.4 Å². The van der Waals surface area contributed by atoms with E-state index in [4.69, 9.17) is 9.73 Å². The molecule has 6 heteroatoms. The first-order valence-electron chi connectivity index (χ1n) is 12.3. The normalized spacial score (nSPS) is 19.5. The standard InChI is InChI=1S/C25H43N5O/c1-4-26-25(28(3)13-10-22-11-18-31-19-12-22)27-20-23-6-8-24(9-7-23)21-30-16-14-29(5-2)15-17-30/h6-9,22H,4-5,10-21H2,1-3H3,(H,26,27). The van der Waals surface area contributed by atoms with Crippen molar-refractivity contribution < 1.29 is 4.74 Å². The van der Waals surface area contributed by atoms with Crippen molar-refractivity contribution in [2.75, 3.05) is 66.1 Å². The number of piperazine rings is 1. The fraction of sp³-hybridized carbons (Fsp3) is 0.720. The molecule has 6 nitrogen and oxygen atoms in total. The van der Waals surface area contributed by atoms with Crippen molar-refractivity contribution in [2.24, 2.45) is 10.9 Å². The third-order valence-electron chi connectivity index (χ3n) is 6.66. The van der Waals surface area contributed by atoms with Gasteiger partial charge in [0.15, 0.2) is 5.96 Å². The molecule has 174 valence electrons. The summed E-state index contributed by atoms with van der Waals surface area (Å²) in [5.74, 6) is 1.80. The Morgan fingerprint density at radius 1 is 1.03 bits per heavy atom. The third-order valence-corrected chi connectivity index (χ3v) is 6.66. The molecule has 2 aliphatic rings. The predicted octanol–water partition coefficient (Wildman–Crippen LogP) is 3.04. The van der Waals surface area contributed by atoms with Gasteiger partial charge in [-0.15, -0.1) is 0 Å². The zero-order chi connectivity index (χ0) is 21.9. The molecule has 2 aliphatic heterocycles. The fourth-order valence-electron chi connectivity index (χ4n) is 4.42. The Bertz CT molecular complexity index is 648. The molecule has 1 N–H and O–H groups in total. The minimum absolute atomic E-state index is 0.722. The van der Waals surface area contributed by atoms with Crippen molar-refractivity contribution in [1.82, 2.24) is 20.0 Å². The average Bonchev–Trinajstić information content (AvgIpc) is 2.82. The van der Waals surface area contributed by atoms with Gasteiger partial charge in [0, 0.05) is 66.1 Å². The van der Waals surface area contributed by atoms with Crippen LogP contribution in [0.25, 0.3) is 0 Å². The molecular weight excluding hydrogens is 386 g/mol. The van der Waals surface area contributed by atoms with Crippen LogP contribution < -0.4 is 5.32 Å². The molecule has 1 aromatic carbocycles. The predicted molar refractivity (Wildman–Crippen MR) is 129 cm³/mol. The zero-order valence-electron chi connectivity index (χ0n) is 20.0. The van der Waals surface area contributed by atoms with Crippen LogP contribution in [0, 0.1) is 5.92 Å². The topological polar surface area (TPSA) is 43.3 Å². The summed E-state index contributed by atoms with van der Waals surface area (Å²) >= 11 is 0. The Hall–Kier alpha value is -1.63. The monoisotopic (exact) mass is 429 g/mol. The summed E-state index contributed by atoms with van der Waals surface area (Å²) in [5, 5.41) is 3.45. The van der Waals surface area contributed by atoms with Crippen LogP contribution >= 0.6 is 0 Å². The molecule has 0 aliphatic carbocycles. The van der Waals surface area contributed by atoms with Gasteiger partial charge in [0.2, 0.25) is 0 Å². The van der Waals surface area contributed by atoms with Crippen LogP contribution in [0.2, 0.25) is 0 Å². The Balaban J connectivity index is 1.47. The molecule has 0 radical (unpaired) electrons. The van der Waals surface area contributed by atoms with E-state index in [0.717, 1.165) is 51.3 Å². The molecule has 31 heavy (non-hydrogen) atoms. The van der Waals surface area contributed by atoms with Crippen LogP contribution in [0.4, 0.5) is 0 Å². The number of nitrogens with zero attached hydrogens (tertiary/aromatic N) is 4. The number of guanidine groups is 1. The summed E-state index contributed by atoms with van der Waals surface area (Å²) in [6.45, 7) is 15.8. The Kier molecular flexibility index (Phi) is 10.1. The molecule has 1 aromatic rings. The van der Waals surface area contributed by atoms with E-state index in [0.29, 0.717) is 0 Å². The van der Waals surface area contributed by atoms with E-state index < -0.39 is 0 Å². The number of benzene rings is 1. The highest BCUT2D eigenvalue weighted by Gasteiger charge is 2.16. The van der Waals surface area contributed by atoms with Gasteiger partial charge in [0.25, 0.3) is 0 Å². The Labute approximate surface area is 189 Å². The molecular formula is C25H43N5O. The first kappa shape index (κ1) is 24.0. The number of ether oxygens (including phenoxy) is 1. The second-order valence-corrected chi connectivity index (χ2v) is 8.96. The molecule has 2 fully saturated rings. The molecule has 3 rings (SSSR count). The summed E-state index contributed by atoms with van der Waals surface area (Å²) in [7, 11) is 2.15. The number of likely N-dealkylation sites (N-methyl/N-ethyl adjacent to an activating group) is 1. The van der Waals surface area contributed by atoms with Crippen LogP contribution in [-0.2, 0) is 17.8 Å². The van der Waals surface area contributed by atoms with Crippen LogP contribution in [0.3, 0.4) is 0 Å². The number of hydrogen-bond donors (Lipinski definition) is 1. The van der Waals surface area contributed by atoms with Gasteiger partial charge in [-0.3, -0.25) is 4.90 Å². The van der Waals surface area contributed by atoms with Crippen LogP contribution in [0.15, 0.2) is 29.3 Å². The summed E-state index contributed by atoms with van der Waals surface area (Å²) in [5.41, 5.74) is 2.67. The molecule has 0 saturated carbocycles. The molecule has 0 atom stereocenters. The van der Waals surface area contributed by atoms with Crippen molar-refractivity contribution in [2.45, 2.75) is 46.2 Å². The number of nitrogens with one attached hydrogen (secondary N) is 1. The lowest BCUT2D eigenvalue weighted by Gasteiger charge is -2.34. The minimum Gasteiger partial charge on any atom is -0.381 e. The average molecular weight is 430 g/mol. The minimum atomic E-state index is 0.722. The first-order valence-corrected chi connectivity index (χ1v) is 12.3. The maximum atomic E-state index is 5.49. The van der Waals surface area contributed by atoms with E-state index in [2.05, 4.69) is 65.2 Å². The largest absolute Gasteiger partial charge is 0.381 e. The van der Waals surface area contributed by atoms with Gasteiger partial charge in [-0.25, -0.2) is 4.99 Å². The van der Waals surface area contributed by atoms with Gasteiger partial charge >= 0.3 is 0 Å². The van der Waals surface area contributed by atoms with Gasteiger partial charge < -0.3 is 19.9 Å². The van der Waals surface area contributed by atoms with Gasteiger partial charge in [0.05, 0.1) is 6.54 Å². The van der Waals surface area contributed by atoms with E-state index in [1.165, 1.54) is 63.1 Å². The van der Waals surface area contributed by atoms with Crippen molar-refractivity contribution in [1.29, 1.82) is 0 Å². The highest BCUT2D eigenvalue weighted by atomic mass is 16.5. The molecule has 0 spiro atoms. The number of hydrogen-bond acceptors (Lipinski definition) is 4. The molecule has 0 bridgehead atoms. The van der Waals surface area contributed by atoms with E-state index in [1.54, 1.807) is 0 Å². The smallest absolute Gasteiger partial charge is 0.193 e. The van der Waals surface area contributed by atoms with Gasteiger partial charge in [-0.1, -0.05) is 31.2 Å². The van der Waals surface area contributed by atoms with E-state index in [9.17, 15) is 0 Å². The quantitative estimate of drug-likeness (QED) is 0.483. The molecule has 0 amide bonds.